The van der Waals surface area contributed by atoms with E-state index >= 15 is 0 Å². The Balaban J connectivity index is 4.07. The normalized spacial score (nSPS) is 14.6. The average Bonchev–Trinajstić information content (AvgIpc) is 2.45. The van der Waals surface area contributed by atoms with E-state index in [9.17, 15) is 8.78 Å². The molecule has 122 valence electrons. The molecule has 0 rings (SSSR count). The van der Waals surface area contributed by atoms with Crippen LogP contribution < -0.4 is 0 Å². The molecule has 0 saturated carbocycles. The van der Waals surface area contributed by atoms with Crippen LogP contribution >= 0.6 is 0 Å². The zero-order valence-electron chi connectivity index (χ0n) is 13.9. The van der Waals surface area contributed by atoms with Crippen molar-refractivity contribution in [2.75, 3.05) is 13.2 Å². The molecule has 1 nitrogen and oxygen atoms in total. The molecule has 1 unspecified atom stereocenters. The standard InChI is InChI=1S/C18H30F2O/c1-6-21-13-18(20)17(19)10-8-7-9-15(4)16(5)12-11-14(2)3/h7,9,14,16H,4,6,8,10-13H2,1-3,5H3/b9-7-,18-17-. The van der Waals surface area contributed by atoms with Crippen LogP contribution in [0.5, 0.6) is 0 Å². The van der Waals surface area contributed by atoms with Gasteiger partial charge in [-0.3, -0.25) is 0 Å². The fourth-order valence-electron chi connectivity index (χ4n) is 1.78. The summed E-state index contributed by atoms with van der Waals surface area (Å²) in [6.45, 7) is 12.5. The molecule has 0 fully saturated rings. The number of halogens is 2. The van der Waals surface area contributed by atoms with Crippen molar-refractivity contribution in [2.24, 2.45) is 11.8 Å². The van der Waals surface area contributed by atoms with E-state index in [1.807, 2.05) is 12.2 Å². The molecule has 0 aliphatic rings. The molecule has 0 bridgehead atoms. The average molecular weight is 300 g/mol. The first-order valence-electron chi connectivity index (χ1n) is 7.84. The summed E-state index contributed by atoms with van der Waals surface area (Å²) in [4.78, 5) is 0. The summed E-state index contributed by atoms with van der Waals surface area (Å²) < 4.78 is 31.4. The van der Waals surface area contributed by atoms with Crippen LogP contribution in [0, 0.1) is 11.8 Å². The summed E-state index contributed by atoms with van der Waals surface area (Å²) in [6, 6.07) is 0. The second-order valence-electron chi connectivity index (χ2n) is 5.84. The number of allylic oxidation sites excluding steroid dienone is 4. The van der Waals surface area contributed by atoms with Gasteiger partial charge in [-0.25, -0.2) is 8.78 Å². The van der Waals surface area contributed by atoms with Crippen molar-refractivity contribution >= 4 is 0 Å². The minimum absolute atomic E-state index is 0.0725. The minimum Gasteiger partial charge on any atom is -0.375 e. The topological polar surface area (TPSA) is 9.23 Å². The van der Waals surface area contributed by atoms with Gasteiger partial charge in [0.15, 0.2) is 5.83 Å². The Morgan fingerprint density at radius 1 is 1.14 bits per heavy atom. The van der Waals surface area contributed by atoms with Crippen molar-refractivity contribution in [3.63, 3.8) is 0 Å². The molecule has 3 heteroatoms. The van der Waals surface area contributed by atoms with Gasteiger partial charge in [0.2, 0.25) is 0 Å². The predicted octanol–water partition coefficient (Wildman–Crippen LogP) is 6.14. The van der Waals surface area contributed by atoms with E-state index in [1.54, 1.807) is 6.92 Å². The quantitative estimate of drug-likeness (QED) is 0.416. The smallest absolute Gasteiger partial charge is 0.157 e. The molecular weight excluding hydrogens is 270 g/mol. The molecule has 0 amide bonds. The Kier molecular flexibility index (Phi) is 11.1. The van der Waals surface area contributed by atoms with Crippen LogP contribution in [-0.2, 0) is 4.74 Å². The van der Waals surface area contributed by atoms with Gasteiger partial charge in [0.25, 0.3) is 0 Å². The maximum Gasteiger partial charge on any atom is 0.157 e. The number of hydrogen-bond donors (Lipinski definition) is 0. The Bertz CT molecular complexity index is 356. The molecule has 0 saturated heterocycles. The van der Waals surface area contributed by atoms with Gasteiger partial charge in [0, 0.05) is 13.0 Å². The second-order valence-corrected chi connectivity index (χ2v) is 5.84. The molecule has 0 N–H and O–H groups in total. The van der Waals surface area contributed by atoms with E-state index in [4.69, 9.17) is 4.74 Å². The first kappa shape index (κ1) is 20.0. The van der Waals surface area contributed by atoms with Crippen LogP contribution in [0.1, 0.15) is 53.4 Å². The van der Waals surface area contributed by atoms with Gasteiger partial charge < -0.3 is 4.74 Å². The first-order valence-corrected chi connectivity index (χ1v) is 7.84. The van der Waals surface area contributed by atoms with Gasteiger partial charge in [-0.05, 0) is 31.6 Å². The molecule has 0 spiro atoms. The summed E-state index contributed by atoms with van der Waals surface area (Å²) in [5.41, 5.74) is 1.05. The lowest BCUT2D eigenvalue weighted by molar-refractivity contribution is 0.152. The fraction of sp³-hybridized carbons (Fsp3) is 0.667. The Morgan fingerprint density at radius 2 is 1.81 bits per heavy atom. The molecule has 0 radical (unpaired) electrons. The van der Waals surface area contributed by atoms with Gasteiger partial charge in [-0.1, -0.05) is 51.5 Å². The lowest BCUT2D eigenvalue weighted by Crippen LogP contribution is -1.99. The van der Waals surface area contributed by atoms with Crippen LogP contribution in [0.15, 0.2) is 36.0 Å². The van der Waals surface area contributed by atoms with Gasteiger partial charge in [0.1, 0.15) is 12.4 Å². The summed E-state index contributed by atoms with van der Waals surface area (Å²) in [5, 5.41) is 0. The maximum absolute atomic E-state index is 13.4. The van der Waals surface area contributed by atoms with E-state index in [1.165, 1.54) is 6.42 Å². The fourth-order valence-corrected chi connectivity index (χ4v) is 1.78. The number of ether oxygens (including phenoxy) is 1. The number of hydrogen-bond acceptors (Lipinski definition) is 1. The molecule has 0 aromatic carbocycles. The van der Waals surface area contributed by atoms with Crippen LogP contribution in [0.3, 0.4) is 0 Å². The Labute approximate surface area is 128 Å². The van der Waals surface area contributed by atoms with Crippen LogP contribution in [0.2, 0.25) is 0 Å². The van der Waals surface area contributed by atoms with Crippen molar-refractivity contribution in [1.29, 1.82) is 0 Å². The van der Waals surface area contributed by atoms with Crippen LogP contribution in [-0.4, -0.2) is 13.2 Å². The van der Waals surface area contributed by atoms with Crippen LogP contribution in [0.25, 0.3) is 0 Å². The first-order chi connectivity index (χ1) is 9.88. The Morgan fingerprint density at radius 3 is 2.38 bits per heavy atom. The van der Waals surface area contributed by atoms with E-state index in [0.29, 0.717) is 24.9 Å². The van der Waals surface area contributed by atoms with Gasteiger partial charge >= 0.3 is 0 Å². The van der Waals surface area contributed by atoms with E-state index < -0.39 is 11.7 Å². The summed E-state index contributed by atoms with van der Waals surface area (Å²) in [5.74, 6) is -0.392. The summed E-state index contributed by atoms with van der Waals surface area (Å²) >= 11 is 0. The molecule has 0 heterocycles. The minimum atomic E-state index is -0.797. The second kappa shape index (κ2) is 11.7. The molecule has 0 aliphatic carbocycles. The third-order valence-corrected chi connectivity index (χ3v) is 3.40. The van der Waals surface area contributed by atoms with Crippen LogP contribution in [0.4, 0.5) is 8.78 Å². The highest BCUT2D eigenvalue weighted by Gasteiger charge is 2.07. The predicted molar refractivity (Wildman–Crippen MR) is 86.5 cm³/mol. The zero-order valence-corrected chi connectivity index (χ0v) is 13.9. The lowest BCUT2D eigenvalue weighted by Gasteiger charge is -2.13. The van der Waals surface area contributed by atoms with E-state index in [0.717, 1.165) is 12.0 Å². The summed E-state index contributed by atoms with van der Waals surface area (Å²) in [7, 11) is 0. The molecule has 1 atom stereocenters. The highest BCUT2D eigenvalue weighted by atomic mass is 19.2. The highest BCUT2D eigenvalue weighted by Crippen LogP contribution is 2.20. The van der Waals surface area contributed by atoms with Crippen molar-refractivity contribution in [3.05, 3.63) is 36.0 Å². The lowest BCUT2D eigenvalue weighted by atomic mass is 9.93. The monoisotopic (exact) mass is 300 g/mol. The van der Waals surface area contributed by atoms with E-state index in [2.05, 4.69) is 27.4 Å². The molecule has 0 aromatic heterocycles. The molecular formula is C18H30F2O. The van der Waals surface area contributed by atoms with Gasteiger partial charge in [0.05, 0.1) is 0 Å². The third-order valence-electron chi connectivity index (χ3n) is 3.40. The number of rotatable bonds is 11. The SMILES string of the molecule is C=C(/C=C\CC/C(F)=C(/F)COCC)C(C)CCC(C)C. The van der Waals surface area contributed by atoms with E-state index in [-0.39, 0.29) is 13.0 Å². The highest BCUT2D eigenvalue weighted by molar-refractivity contribution is 5.17. The third kappa shape index (κ3) is 10.4. The molecule has 0 aliphatic heterocycles. The van der Waals surface area contributed by atoms with Crippen molar-refractivity contribution in [1.82, 2.24) is 0 Å². The maximum atomic E-state index is 13.4. The van der Waals surface area contributed by atoms with Crippen molar-refractivity contribution < 1.29 is 13.5 Å². The molecule has 21 heavy (non-hydrogen) atoms. The summed E-state index contributed by atoms with van der Waals surface area (Å²) in [6.07, 6.45) is 6.62. The van der Waals surface area contributed by atoms with Crippen molar-refractivity contribution in [2.45, 2.75) is 53.4 Å². The largest absolute Gasteiger partial charge is 0.375 e. The Hall–Kier alpha value is -0.960. The van der Waals surface area contributed by atoms with Gasteiger partial charge in [-0.2, -0.15) is 0 Å². The van der Waals surface area contributed by atoms with Crippen molar-refractivity contribution in [3.8, 4) is 0 Å². The van der Waals surface area contributed by atoms with Gasteiger partial charge in [-0.15, -0.1) is 0 Å². The zero-order chi connectivity index (χ0) is 16.3. The molecule has 0 aromatic rings.